The molecule has 0 aliphatic heterocycles. The van der Waals surface area contributed by atoms with Gasteiger partial charge < -0.3 is 11.1 Å². The molecule has 0 heterocycles. The van der Waals surface area contributed by atoms with E-state index in [0.717, 1.165) is 0 Å². The van der Waals surface area contributed by atoms with Gasteiger partial charge in [-0.1, -0.05) is 24.4 Å². The molecule has 102 valence electrons. The van der Waals surface area contributed by atoms with Crippen LogP contribution >= 0.6 is 28.1 Å². The van der Waals surface area contributed by atoms with E-state index in [9.17, 15) is 9.18 Å². The summed E-state index contributed by atoms with van der Waals surface area (Å²) in [6.07, 6.45) is 0. The van der Waals surface area contributed by atoms with E-state index in [1.807, 2.05) is 0 Å². The van der Waals surface area contributed by atoms with E-state index >= 15 is 0 Å². The lowest BCUT2D eigenvalue weighted by Crippen LogP contribution is -2.17. The first-order valence-electron chi connectivity index (χ1n) is 5.64. The van der Waals surface area contributed by atoms with Gasteiger partial charge in [0, 0.05) is 10.0 Å². The van der Waals surface area contributed by atoms with Gasteiger partial charge in [0.25, 0.3) is 5.91 Å². The number of anilines is 1. The molecular weight excluding hydrogens is 343 g/mol. The molecule has 0 saturated carbocycles. The van der Waals surface area contributed by atoms with E-state index in [1.54, 1.807) is 24.3 Å². The van der Waals surface area contributed by atoms with Gasteiger partial charge in [0.1, 0.15) is 10.8 Å². The summed E-state index contributed by atoms with van der Waals surface area (Å²) in [5.74, 6) is -0.794. The normalized spacial score (nSPS) is 10.1. The summed E-state index contributed by atoms with van der Waals surface area (Å²) >= 11 is 8.09. The molecule has 3 N–H and O–H groups in total. The summed E-state index contributed by atoms with van der Waals surface area (Å²) in [7, 11) is 0. The van der Waals surface area contributed by atoms with Crippen molar-refractivity contribution in [3.63, 3.8) is 0 Å². The van der Waals surface area contributed by atoms with Crippen LogP contribution in [0.5, 0.6) is 0 Å². The molecule has 0 atom stereocenters. The Morgan fingerprint density at radius 2 is 1.90 bits per heavy atom. The zero-order valence-corrected chi connectivity index (χ0v) is 12.6. The second-order valence-corrected chi connectivity index (χ2v) is 5.28. The van der Waals surface area contributed by atoms with Crippen LogP contribution < -0.4 is 11.1 Å². The monoisotopic (exact) mass is 352 g/mol. The van der Waals surface area contributed by atoms with Crippen LogP contribution in [0.15, 0.2) is 46.9 Å². The minimum absolute atomic E-state index is 0.194. The van der Waals surface area contributed by atoms with E-state index in [0.29, 0.717) is 21.3 Å². The van der Waals surface area contributed by atoms with Crippen LogP contribution in [0.3, 0.4) is 0 Å². The first kappa shape index (κ1) is 14.6. The maximum Gasteiger partial charge on any atom is 0.256 e. The predicted molar refractivity (Wildman–Crippen MR) is 84.4 cm³/mol. The quantitative estimate of drug-likeness (QED) is 0.831. The van der Waals surface area contributed by atoms with Crippen LogP contribution in [0.25, 0.3) is 0 Å². The molecule has 6 heteroatoms. The number of hydrogen-bond acceptors (Lipinski definition) is 2. The molecule has 2 aromatic rings. The molecule has 20 heavy (non-hydrogen) atoms. The van der Waals surface area contributed by atoms with Crippen LogP contribution in [0.4, 0.5) is 10.1 Å². The van der Waals surface area contributed by atoms with Crippen LogP contribution in [-0.4, -0.2) is 10.9 Å². The highest BCUT2D eigenvalue weighted by molar-refractivity contribution is 9.10. The Kier molecular flexibility index (Phi) is 4.46. The Labute approximate surface area is 129 Å². The van der Waals surface area contributed by atoms with Crippen molar-refractivity contribution in [2.45, 2.75) is 0 Å². The van der Waals surface area contributed by atoms with Crippen molar-refractivity contribution in [2.24, 2.45) is 5.73 Å². The van der Waals surface area contributed by atoms with Crippen LogP contribution in [-0.2, 0) is 0 Å². The average molecular weight is 353 g/mol. The summed E-state index contributed by atoms with van der Waals surface area (Å²) in [6, 6.07) is 10.8. The average Bonchev–Trinajstić information content (AvgIpc) is 2.38. The SMILES string of the molecule is NC(=S)c1ccccc1NC(=O)c1ccc(F)cc1Br. The summed E-state index contributed by atoms with van der Waals surface area (Å²) in [5, 5.41) is 2.71. The van der Waals surface area contributed by atoms with Crippen LogP contribution in [0, 0.1) is 5.82 Å². The maximum absolute atomic E-state index is 13.0. The molecule has 0 aliphatic rings. The van der Waals surface area contributed by atoms with Crippen molar-refractivity contribution in [2.75, 3.05) is 5.32 Å². The lowest BCUT2D eigenvalue weighted by Gasteiger charge is -2.10. The molecule has 0 bridgehead atoms. The smallest absolute Gasteiger partial charge is 0.256 e. The number of hydrogen-bond donors (Lipinski definition) is 2. The van der Waals surface area contributed by atoms with E-state index in [4.69, 9.17) is 18.0 Å². The molecule has 1 amide bonds. The molecule has 2 aromatic carbocycles. The summed E-state index contributed by atoms with van der Waals surface area (Å²) in [5.41, 5.74) is 7.02. The van der Waals surface area contributed by atoms with Gasteiger partial charge in [-0.25, -0.2) is 4.39 Å². The Morgan fingerprint density at radius 3 is 2.55 bits per heavy atom. The van der Waals surface area contributed by atoms with Gasteiger partial charge in [0.05, 0.1) is 11.3 Å². The summed E-state index contributed by atoms with van der Waals surface area (Å²) in [6.45, 7) is 0. The fourth-order valence-corrected chi connectivity index (χ4v) is 2.38. The molecule has 0 radical (unpaired) electrons. The zero-order chi connectivity index (χ0) is 14.7. The van der Waals surface area contributed by atoms with Crippen molar-refractivity contribution >= 4 is 44.7 Å². The standard InChI is InChI=1S/C14H10BrFN2OS/c15-11-7-8(16)5-6-9(11)14(19)18-12-4-2-1-3-10(12)13(17)20/h1-7H,(H2,17,20)(H,18,19). The molecular formula is C14H10BrFN2OS. The number of thiocarbonyl (C=S) groups is 1. The minimum atomic E-state index is -0.419. The lowest BCUT2D eigenvalue weighted by atomic mass is 10.1. The highest BCUT2D eigenvalue weighted by atomic mass is 79.9. The molecule has 2 rings (SSSR count). The molecule has 0 aliphatic carbocycles. The van der Waals surface area contributed by atoms with E-state index in [1.165, 1.54) is 18.2 Å². The van der Waals surface area contributed by atoms with E-state index in [-0.39, 0.29) is 10.9 Å². The third kappa shape index (κ3) is 3.20. The number of amides is 1. The third-order valence-corrected chi connectivity index (χ3v) is 3.49. The van der Waals surface area contributed by atoms with E-state index < -0.39 is 5.82 Å². The fraction of sp³-hybridized carbons (Fsp3) is 0. The van der Waals surface area contributed by atoms with Crippen molar-refractivity contribution in [3.8, 4) is 0 Å². The van der Waals surface area contributed by atoms with Crippen molar-refractivity contribution in [1.82, 2.24) is 0 Å². The van der Waals surface area contributed by atoms with Gasteiger partial charge in [-0.05, 0) is 46.3 Å². The van der Waals surface area contributed by atoms with Crippen molar-refractivity contribution in [3.05, 3.63) is 63.9 Å². The topological polar surface area (TPSA) is 55.1 Å². The number of carbonyl (C=O) groups excluding carboxylic acids is 1. The second-order valence-electron chi connectivity index (χ2n) is 3.99. The second kappa shape index (κ2) is 6.11. The minimum Gasteiger partial charge on any atom is -0.389 e. The van der Waals surface area contributed by atoms with Crippen LogP contribution in [0.2, 0.25) is 0 Å². The number of benzene rings is 2. The number of nitrogens with two attached hydrogens (primary N) is 1. The molecule has 3 nitrogen and oxygen atoms in total. The van der Waals surface area contributed by atoms with Gasteiger partial charge >= 0.3 is 0 Å². The molecule has 0 unspecified atom stereocenters. The van der Waals surface area contributed by atoms with Crippen molar-refractivity contribution < 1.29 is 9.18 Å². The lowest BCUT2D eigenvalue weighted by molar-refractivity contribution is 0.102. The summed E-state index contributed by atoms with van der Waals surface area (Å²) < 4.78 is 13.4. The van der Waals surface area contributed by atoms with Gasteiger partial charge in [-0.2, -0.15) is 0 Å². The number of para-hydroxylation sites is 1. The van der Waals surface area contributed by atoms with Gasteiger partial charge in [0.15, 0.2) is 0 Å². The van der Waals surface area contributed by atoms with E-state index in [2.05, 4.69) is 21.2 Å². The molecule has 0 fully saturated rings. The predicted octanol–water partition coefficient (Wildman–Crippen LogP) is 3.47. The van der Waals surface area contributed by atoms with Gasteiger partial charge in [-0.3, -0.25) is 4.79 Å². The third-order valence-electron chi connectivity index (χ3n) is 2.62. The Hall–Kier alpha value is -1.79. The number of halogens is 2. The fourth-order valence-electron chi connectivity index (χ4n) is 1.67. The Balaban J connectivity index is 2.30. The largest absolute Gasteiger partial charge is 0.389 e. The highest BCUT2D eigenvalue weighted by Crippen LogP contribution is 2.21. The Bertz CT molecular complexity index is 691. The summed E-state index contributed by atoms with van der Waals surface area (Å²) in [4.78, 5) is 12.4. The highest BCUT2D eigenvalue weighted by Gasteiger charge is 2.13. The number of carbonyl (C=O) groups is 1. The van der Waals surface area contributed by atoms with Gasteiger partial charge in [-0.15, -0.1) is 0 Å². The zero-order valence-electron chi connectivity index (χ0n) is 10.2. The maximum atomic E-state index is 13.0. The van der Waals surface area contributed by atoms with Crippen LogP contribution in [0.1, 0.15) is 15.9 Å². The Morgan fingerprint density at radius 1 is 1.20 bits per heavy atom. The van der Waals surface area contributed by atoms with Crippen molar-refractivity contribution in [1.29, 1.82) is 0 Å². The number of nitrogens with one attached hydrogen (secondary N) is 1. The first-order chi connectivity index (χ1) is 9.49. The molecule has 0 saturated heterocycles. The first-order valence-corrected chi connectivity index (χ1v) is 6.84. The van der Waals surface area contributed by atoms with Gasteiger partial charge in [0.2, 0.25) is 0 Å². The number of rotatable bonds is 3. The molecule has 0 aromatic heterocycles. The molecule has 0 spiro atoms.